The first-order valence-electron chi connectivity index (χ1n) is 7.83. The van der Waals surface area contributed by atoms with Crippen LogP contribution in [-0.4, -0.2) is 34.7 Å². The Bertz CT molecular complexity index is 736. The van der Waals surface area contributed by atoms with Gasteiger partial charge in [0.15, 0.2) is 0 Å². The molecule has 1 aromatic carbocycles. The van der Waals surface area contributed by atoms with Crippen LogP contribution in [-0.2, 0) is 13.0 Å². The van der Waals surface area contributed by atoms with Crippen molar-refractivity contribution in [3.05, 3.63) is 59.8 Å². The van der Waals surface area contributed by atoms with E-state index in [9.17, 15) is 0 Å². The zero-order valence-electron chi connectivity index (χ0n) is 14.4. The highest BCUT2D eigenvalue weighted by Crippen LogP contribution is 2.26. The topological polar surface area (TPSA) is 90.9 Å². The second kappa shape index (κ2) is 7.59. The molecule has 0 aliphatic heterocycles. The van der Waals surface area contributed by atoms with Gasteiger partial charge in [-0.3, -0.25) is 5.41 Å². The second-order valence-electron chi connectivity index (χ2n) is 5.56. The predicted octanol–water partition coefficient (Wildman–Crippen LogP) is 2.65. The second-order valence-corrected chi connectivity index (χ2v) is 5.56. The van der Waals surface area contributed by atoms with E-state index in [1.807, 2.05) is 38.1 Å². The summed E-state index contributed by atoms with van der Waals surface area (Å²) in [7, 11) is 3.81. The van der Waals surface area contributed by atoms with E-state index in [1.54, 1.807) is 18.6 Å². The van der Waals surface area contributed by atoms with Crippen molar-refractivity contribution in [2.75, 3.05) is 25.1 Å². The van der Waals surface area contributed by atoms with Crippen LogP contribution in [0, 0.1) is 5.41 Å². The Labute approximate surface area is 142 Å². The van der Waals surface area contributed by atoms with Gasteiger partial charge in [-0.25, -0.2) is 9.97 Å². The van der Waals surface area contributed by atoms with Gasteiger partial charge in [-0.15, -0.1) is 0 Å². The quantitative estimate of drug-likeness (QED) is 0.538. The fourth-order valence-electron chi connectivity index (χ4n) is 2.40. The van der Waals surface area contributed by atoms with Crippen molar-refractivity contribution in [3.63, 3.8) is 0 Å². The zero-order chi connectivity index (χ0) is 17.7. The summed E-state index contributed by atoms with van der Waals surface area (Å²) in [6.07, 6.45) is 5.88. The van der Waals surface area contributed by atoms with Crippen molar-refractivity contribution in [1.29, 1.82) is 5.41 Å². The van der Waals surface area contributed by atoms with Crippen molar-refractivity contribution in [2.45, 2.75) is 19.9 Å². The number of hydrogen-bond donors (Lipinski definition) is 3. The molecule has 0 aliphatic carbocycles. The first-order chi connectivity index (χ1) is 11.5. The molecule has 1 aromatic heterocycles. The highest BCUT2D eigenvalue weighted by molar-refractivity contribution is 6.14. The molecule has 0 unspecified atom stereocenters. The van der Waals surface area contributed by atoms with Gasteiger partial charge in [-0.05, 0) is 23.9 Å². The van der Waals surface area contributed by atoms with Gasteiger partial charge >= 0.3 is 0 Å². The number of nitrogens with two attached hydrogens (primary N) is 1. The summed E-state index contributed by atoms with van der Waals surface area (Å²) in [6, 6.07) is 3.80. The van der Waals surface area contributed by atoms with E-state index in [2.05, 4.69) is 21.9 Å². The van der Waals surface area contributed by atoms with Gasteiger partial charge in [-0.2, -0.15) is 0 Å². The Morgan fingerprint density at radius 2 is 2.04 bits per heavy atom. The third-order valence-corrected chi connectivity index (χ3v) is 3.86. The summed E-state index contributed by atoms with van der Waals surface area (Å²) in [5.74, 6) is 0.762. The highest BCUT2D eigenvalue weighted by Gasteiger charge is 2.14. The largest absolute Gasteiger partial charge is 0.398 e. The number of nitrogens with one attached hydrogen (secondary N) is 2. The van der Waals surface area contributed by atoms with Crippen molar-refractivity contribution < 1.29 is 0 Å². The average molecular weight is 324 g/mol. The number of anilines is 2. The minimum atomic E-state index is 0.320. The van der Waals surface area contributed by atoms with E-state index in [-0.39, 0.29) is 0 Å². The molecule has 24 heavy (non-hydrogen) atoms. The molecular weight excluding hydrogens is 300 g/mol. The van der Waals surface area contributed by atoms with Crippen LogP contribution in [0.25, 0.3) is 0 Å². The molecule has 2 aromatic rings. The van der Waals surface area contributed by atoms with Gasteiger partial charge in [0.05, 0.1) is 5.71 Å². The summed E-state index contributed by atoms with van der Waals surface area (Å²) in [5, 5.41) is 11.6. The molecule has 0 radical (unpaired) electrons. The summed E-state index contributed by atoms with van der Waals surface area (Å²) in [4.78, 5) is 10.5. The minimum absolute atomic E-state index is 0.320. The lowest BCUT2D eigenvalue weighted by molar-refractivity contribution is 0.453. The average Bonchev–Trinajstić information content (AvgIpc) is 2.62. The molecule has 4 N–H and O–H groups in total. The molecule has 0 spiro atoms. The van der Waals surface area contributed by atoms with E-state index in [0.717, 1.165) is 23.5 Å². The Hall–Kier alpha value is -2.89. The van der Waals surface area contributed by atoms with Gasteiger partial charge in [0.25, 0.3) is 0 Å². The molecule has 0 saturated heterocycles. The first kappa shape index (κ1) is 17.5. The molecule has 0 atom stereocenters. The maximum Gasteiger partial charge on any atom is 0.127 e. The standard InChI is InChI=1S/C18H24N6/c1-5-17-22-9-13(10-23-17)18(20)14-7-12(11-24(4)6-2)16(21-3)8-15(14)19/h6-10,20-21H,2,5,11,19H2,1,3-4H3. The Balaban J connectivity index is 2.42. The molecule has 6 heteroatoms. The normalized spacial score (nSPS) is 10.3. The molecule has 0 fully saturated rings. The fourth-order valence-corrected chi connectivity index (χ4v) is 2.40. The number of nitrogens with zero attached hydrogens (tertiary/aromatic N) is 3. The third kappa shape index (κ3) is 3.71. The molecule has 126 valence electrons. The van der Waals surface area contributed by atoms with Crippen molar-refractivity contribution in [3.8, 4) is 0 Å². The van der Waals surface area contributed by atoms with E-state index in [0.29, 0.717) is 29.1 Å². The fraction of sp³-hybridized carbons (Fsp3) is 0.278. The maximum atomic E-state index is 8.48. The lowest BCUT2D eigenvalue weighted by Crippen LogP contribution is -2.14. The van der Waals surface area contributed by atoms with Crippen LogP contribution in [0.1, 0.15) is 29.4 Å². The summed E-state index contributed by atoms with van der Waals surface area (Å²) >= 11 is 0. The van der Waals surface area contributed by atoms with E-state index >= 15 is 0 Å². The van der Waals surface area contributed by atoms with Crippen LogP contribution in [0.4, 0.5) is 11.4 Å². The third-order valence-electron chi connectivity index (χ3n) is 3.86. The highest BCUT2D eigenvalue weighted by atomic mass is 15.1. The number of rotatable bonds is 7. The lowest BCUT2D eigenvalue weighted by atomic mass is 9.99. The summed E-state index contributed by atoms with van der Waals surface area (Å²) < 4.78 is 0. The monoisotopic (exact) mass is 324 g/mol. The van der Waals surface area contributed by atoms with Gasteiger partial charge < -0.3 is 16.0 Å². The molecular formula is C18H24N6. The Morgan fingerprint density at radius 1 is 1.38 bits per heavy atom. The van der Waals surface area contributed by atoms with Gasteiger partial charge in [0.2, 0.25) is 0 Å². The van der Waals surface area contributed by atoms with Crippen molar-refractivity contribution >= 4 is 17.1 Å². The molecule has 0 bridgehead atoms. The van der Waals surface area contributed by atoms with Crippen LogP contribution in [0.3, 0.4) is 0 Å². The van der Waals surface area contributed by atoms with E-state index in [1.165, 1.54) is 0 Å². The molecule has 0 saturated carbocycles. The summed E-state index contributed by atoms with van der Waals surface area (Å²) in [6.45, 7) is 6.44. The van der Waals surface area contributed by atoms with Crippen LogP contribution in [0.5, 0.6) is 0 Å². The number of benzene rings is 1. The van der Waals surface area contributed by atoms with Crippen LogP contribution < -0.4 is 11.1 Å². The zero-order valence-corrected chi connectivity index (χ0v) is 14.4. The minimum Gasteiger partial charge on any atom is -0.398 e. The maximum absolute atomic E-state index is 8.48. The molecule has 0 amide bonds. The Morgan fingerprint density at radius 3 is 2.58 bits per heavy atom. The smallest absolute Gasteiger partial charge is 0.127 e. The predicted molar refractivity (Wildman–Crippen MR) is 99.4 cm³/mol. The molecule has 1 heterocycles. The van der Waals surface area contributed by atoms with Crippen molar-refractivity contribution in [1.82, 2.24) is 14.9 Å². The molecule has 0 aliphatic rings. The SMILES string of the molecule is C=CN(C)Cc1cc(C(=N)c2cnc(CC)nc2)c(N)cc1NC. The number of nitrogen functional groups attached to an aromatic ring is 1. The number of hydrogen-bond acceptors (Lipinski definition) is 6. The lowest BCUT2D eigenvalue weighted by Gasteiger charge is -2.19. The number of aryl methyl sites for hydroxylation is 1. The summed E-state index contributed by atoms with van der Waals surface area (Å²) in [5.41, 5.74) is 10.3. The van der Waals surface area contributed by atoms with Crippen LogP contribution in [0.15, 0.2) is 37.3 Å². The molecule has 6 nitrogen and oxygen atoms in total. The van der Waals surface area contributed by atoms with Crippen LogP contribution in [0.2, 0.25) is 0 Å². The molecule has 2 rings (SSSR count). The van der Waals surface area contributed by atoms with E-state index in [4.69, 9.17) is 11.1 Å². The van der Waals surface area contributed by atoms with Gasteiger partial charge in [0.1, 0.15) is 5.82 Å². The van der Waals surface area contributed by atoms with Crippen molar-refractivity contribution in [2.24, 2.45) is 0 Å². The van der Waals surface area contributed by atoms with Crippen LogP contribution >= 0.6 is 0 Å². The van der Waals surface area contributed by atoms with Gasteiger partial charge in [-0.1, -0.05) is 13.5 Å². The first-order valence-corrected chi connectivity index (χ1v) is 7.83. The number of aromatic nitrogens is 2. The van der Waals surface area contributed by atoms with E-state index < -0.39 is 0 Å². The van der Waals surface area contributed by atoms with Gasteiger partial charge in [0, 0.05) is 62.0 Å². The Kier molecular flexibility index (Phi) is 5.52.